The Kier molecular flexibility index (Phi) is 6.88. The summed E-state index contributed by atoms with van der Waals surface area (Å²) >= 11 is 0. The SMILES string of the molecule is COc1ccc(CCCOC(Cc2ccc(OC)cc2)n2ccnc2)cc1. The van der Waals surface area contributed by atoms with Crippen molar-refractivity contribution in [2.24, 2.45) is 0 Å². The van der Waals surface area contributed by atoms with E-state index in [1.807, 2.05) is 35.0 Å². The van der Waals surface area contributed by atoms with Crippen LogP contribution in [0.5, 0.6) is 11.5 Å². The molecular formula is C22H26N2O3. The molecule has 1 atom stereocenters. The van der Waals surface area contributed by atoms with E-state index in [9.17, 15) is 0 Å². The molecule has 0 amide bonds. The average Bonchev–Trinajstić information content (AvgIpc) is 3.26. The summed E-state index contributed by atoms with van der Waals surface area (Å²) in [7, 11) is 3.36. The van der Waals surface area contributed by atoms with Crippen molar-refractivity contribution in [2.75, 3.05) is 20.8 Å². The van der Waals surface area contributed by atoms with Crippen molar-refractivity contribution in [1.29, 1.82) is 0 Å². The molecule has 1 unspecified atom stereocenters. The fraction of sp³-hybridized carbons (Fsp3) is 0.318. The summed E-state index contributed by atoms with van der Waals surface area (Å²) < 4.78 is 18.6. The molecule has 1 aromatic heterocycles. The summed E-state index contributed by atoms with van der Waals surface area (Å²) in [6.07, 6.45) is 8.17. The zero-order chi connectivity index (χ0) is 18.9. The third-order valence-corrected chi connectivity index (χ3v) is 4.51. The predicted molar refractivity (Wildman–Crippen MR) is 105 cm³/mol. The van der Waals surface area contributed by atoms with Crippen LogP contribution >= 0.6 is 0 Å². The van der Waals surface area contributed by atoms with E-state index in [0.29, 0.717) is 6.61 Å². The van der Waals surface area contributed by atoms with Crippen LogP contribution in [0.15, 0.2) is 67.3 Å². The van der Waals surface area contributed by atoms with Crippen molar-refractivity contribution in [3.8, 4) is 11.5 Å². The smallest absolute Gasteiger partial charge is 0.138 e. The number of aryl methyl sites for hydroxylation is 1. The second-order valence-electron chi connectivity index (χ2n) is 6.34. The van der Waals surface area contributed by atoms with Crippen LogP contribution in [0.2, 0.25) is 0 Å². The van der Waals surface area contributed by atoms with E-state index in [-0.39, 0.29) is 6.23 Å². The van der Waals surface area contributed by atoms with E-state index < -0.39 is 0 Å². The molecule has 5 heteroatoms. The van der Waals surface area contributed by atoms with E-state index in [0.717, 1.165) is 30.8 Å². The zero-order valence-electron chi connectivity index (χ0n) is 15.9. The third kappa shape index (κ3) is 5.59. The van der Waals surface area contributed by atoms with E-state index in [4.69, 9.17) is 14.2 Å². The summed E-state index contributed by atoms with van der Waals surface area (Å²) in [6.45, 7) is 0.686. The number of methoxy groups -OCH3 is 2. The lowest BCUT2D eigenvalue weighted by molar-refractivity contribution is 0.00155. The van der Waals surface area contributed by atoms with E-state index >= 15 is 0 Å². The standard InChI is InChI=1S/C22H26N2O3/c1-25-20-9-5-18(6-10-20)4-3-15-27-22(24-14-13-23-17-24)16-19-7-11-21(26-2)12-8-19/h5-14,17,22H,3-4,15-16H2,1-2H3. The zero-order valence-corrected chi connectivity index (χ0v) is 15.9. The number of imidazole rings is 1. The molecule has 3 aromatic rings. The fourth-order valence-corrected chi connectivity index (χ4v) is 2.94. The molecule has 0 spiro atoms. The fourth-order valence-electron chi connectivity index (χ4n) is 2.94. The van der Waals surface area contributed by atoms with Crippen molar-refractivity contribution >= 4 is 0 Å². The van der Waals surface area contributed by atoms with Crippen LogP contribution in [-0.2, 0) is 17.6 Å². The Balaban J connectivity index is 1.53. The molecule has 27 heavy (non-hydrogen) atoms. The molecule has 0 bridgehead atoms. The quantitative estimate of drug-likeness (QED) is 0.502. The second kappa shape index (κ2) is 9.78. The Bertz CT molecular complexity index is 783. The highest BCUT2D eigenvalue weighted by Gasteiger charge is 2.12. The molecular weight excluding hydrogens is 340 g/mol. The van der Waals surface area contributed by atoms with Gasteiger partial charge in [-0.05, 0) is 48.2 Å². The maximum Gasteiger partial charge on any atom is 0.138 e. The van der Waals surface area contributed by atoms with Crippen LogP contribution in [0.3, 0.4) is 0 Å². The summed E-state index contributed by atoms with van der Waals surface area (Å²) in [5.41, 5.74) is 2.48. The molecule has 0 fully saturated rings. The Morgan fingerprint density at radius 2 is 1.52 bits per heavy atom. The molecule has 1 heterocycles. The van der Waals surface area contributed by atoms with Gasteiger partial charge in [-0.3, -0.25) is 0 Å². The Morgan fingerprint density at radius 3 is 2.07 bits per heavy atom. The first-order valence-electron chi connectivity index (χ1n) is 9.13. The van der Waals surface area contributed by atoms with Gasteiger partial charge in [-0.2, -0.15) is 0 Å². The van der Waals surface area contributed by atoms with Gasteiger partial charge in [0.1, 0.15) is 17.7 Å². The number of aromatic nitrogens is 2. The van der Waals surface area contributed by atoms with Crippen molar-refractivity contribution in [3.05, 3.63) is 78.4 Å². The molecule has 0 aliphatic carbocycles. The van der Waals surface area contributed by atoms with Gasteiger partial charge in [0.15, 0.2) is 0 Å². The number of ether oxygens (including phenoxy) is 3. The molecule has 0 saturated heterocycles. The highest BCUT2D eigenvalue weighted by atomic mass is 16.5. The van der Waals surface area contributed by atoms with Gasteiger partial charge >= 0.3 is 0 Å². The second-order valence-corrected chi connectivity index (χ2v) is 6.34. The summed E-state index contributed by atoms with van der Waals surface area (Å²) in [5, 5.41) is 0. The minimum Gasteiger partial charge on any atom is -0.497 e. The first-order chi connectivity index (χ1) is 13.3. The summed E-state index contributed by atoms with van der Waals surface area (Å²) in [6, 6.07) is 16.3. The van der Waals surface area contributed by atoms with Crippen molar-refractivity contribution in [2.45, 2.75) is 25.5 Å². The Hall–Kier alpha value is -2.79. The van der Waals surface area contributed by atoms with E-state index in [1.165, 1.54) is 11.1 Å². The maximum absolute atomic E-state index is 6.18. The van der Waals surface area contributed by atoms with E-state index in [1.54, 1.807) is 26.7 Å². The molecule has 3 rings (SSSR count). The van der Waals surface area contributed by atoms with Crippen molar-refractivity contribution in [3.63, 3.8) is 0 Å². The van der Waals surface area contributed by atoms with Gasteiger partial charge in [0.25, 0.3) is 0 Å². The number of nitrogens with zero attached hydrogens (tertiary/aromatic N) is 2. The maximum atomic E-state index is 6.18. The summed E-state index contributed by atoms with van der Waals surface area (Å²) in [5.74, 6) is 1.74. The number of benzene rings is 2. The van der Waals surface area contributed by atoms with E-state index in [2.05, 4.69) is 29.2 Å². The first kappa shape index (κ1) is 19.0. The van der Waals surface area contributed by atoms with Gasteiger partial charge in [-0.1, -0.05) is 24.3 Å². The average molecular weight is 366 g/mol. The van der Waals surface area contributed by atoms with Gasteiger partial charge in [-0.15, -0.1) is 0 Å². The third-order valence-electron chi connectivity index (χ3n) is 4.51. The van der Waals surface area contributed by atoms with Crippen LogP contribution < -0.4 is 9.47 Å². The normalized spacial score (nSPS) is 11.9. The monoisotopic (exact) mass is 366 g/mol. The molecule has 2 aromatic carbocycles. The number of rotatable bonds is 10. The highest BCUT2D eigenvalue weighted by Crippen LogP contribution is 2.19. The minimum atomic E-state index is -0.0724. The first-order valence-corrected chi connectivity index (χ1v) is 9.13. The topological polar surface area (TPSA) is 45.5 Å². The lowest BCUT2D eigenvalue weighted by Crippen LogP contribution is -2.15. The highest BCUT2D eigenvalue weighted by molar-refractivity contribution is 5.28. The summed E-state index contributed by atoms with van der Waals surface area (Å²) in [4.78, 5) is 4.16. The van der Waals surface area contributed by atoms with Crippen molar-refractivity contribution < 1.29 is 14.2 Å². The molecule has 0 aliphatic rings. The molecule has 0 radical (unpaired) electrons. The number of hydrogen-bond acceptors (Lipinski definition) is 4. The predicted octanol–water partition coefficient (Wildman–Crippen LogP) is 4.29. The number of hydrogen-bond donors (Lipinski definition) is 0. The molecule has 142 valence electrons. The largest absolute Gasteiger partial charge is 0.497 e. The Labute approximate surface area is 160 Å². The Morgan fingerprint density at radius 1 is 0.889 bits per heavy atom. The van der Waals surface area contributed by atoms with Gasteiger partial charge in [0.05, 0.1) is 20.5 Å². The van der Waals surface area contributed by atoms with Crippen molar-refractivity contribution in [1.82, 2.24) is 9.55 Å². The molecule has 0 aliphatic heterocycles. The van der Waals surface area contributed by atoms with Crippen LogP contribution in [0.25, 0.3) is 0 Å². The lowest BCUT2D eigenvalue weighted by atomic mass is 10.1. The van der Waals surface area contributed by atoms with Crippen LogP contribution in [0.1, 0.15) is 23.8 Å². The van der Waals surface area contributed by atoms with Gasteiger partial charge < -0.3 is 18.8 Å². The molecule has 5 nitrogen and oxygen atoms in total. The van der Waals surface area contributed by atoms with Crippen LogP contribution in [0.4, 0.5) is 0 Å². The van der Waals surface area contributed by atoms with Gasteiger partial charge in [-0.25, -0.2) is 4.98 Å². The minimum absolute atomic E-state index is 0.0724. The van der Waals surface area contributed by atoms with Gasteiger partial charge in [0.2, 0.25) is 0 Å². The molecule has 0 saturated carbocycles. The van der Waals surface area contributed by atoms with Gasteiger partial charge in [0, 0.05) is 25.4 Å². The molecule has 0 N–H and O–H groups in total. The van der Waals surface area contributed by atoms with Crippen LogP contribution in [0, 0.1) is 0 Å². The van der Waals surface area contributed by atoms with Crippen LogP contribution in [-0.4, -0.2) is 30.4 Å². The lowest BCUT2D eigenvalue weighted by Gasteiger charge is -2.19.